The molecule has 1 atom stereocenters. The molecule has 3 nitrogen and oxygen atoms in total. The number of carbonyl (C=O) groups excluding carboxylic acids is 1. The van der Waals surface area contributed by atoms with Gasteiger partial charge in [0, 0.05) is 6.04 Å². The van der Waals surface area contributed by atoms with Crippen LogP contribution in [0.25, 0.3) is 0 Å². The topological polar surface area (TPSA) is 29.5 Å². The summed E-state index contributed by atoms with van der Waals surface area (Å²) >= 11 is 0. The molecular weight excluding hydrogens is 218 g/mol. The Labute approximate surface area is 101 Å². The number of hydrogen-bond donors (Lipinski definition) is 0. The molecule has 0 bridgehead atoms. The van der Waals surface area contributed by atoms with Crippen LogP contribution in [-0.4, -0.2) is 31.5 Å². The second kappa shape index (κ2) is 6.94. The summed E-state index contributed by atoms with van der Waals surface area (Å²) in [5, 5.41) is 0. The number of ether oxygens (including phenoxy) is 1. The molecule has 0 rings (SSSR count). The summed E-state index contributed by atoms with van der Waals surface area (Å²) in [5.74, 6) is 0. The van der Waals surface area contributed by atoms with Gasteiger partial charge in [-0.25, -0.2) is 4.79 Å². The van der Waals surface area contributed by atoms with E-state index < -0.39 is 8.24 Å². The third-order valence-electron chi connectivity index (χ3n) is 2.65. The lowest BCUT2D eigenvalue weighted by molar-refractivity contribution is 0.116. The van der Waals surface area contributed by atoms with E-state index in [1.165, 1.54) is 0 Å². The van der Waals surface area contributed by atoms with Gasteiger partial charge in [-0.1, -0.05) is 39.9 Å². The predicted octanol–water partition coefficient (Wildman–Crippen LogP) is 3.86. The van der Waals surface area contributed by atoms with E-state index in [1.807, 2.05) is 11.5 Å². The zero-order valence-electron chi connectivity index (χ0n) is 11.7. The SMILES string of the molecule is CCCC(CC)N(C(=O)OCC)[Si](C)(C)C. The normalized spacial score (nSPS) is 13.4. The number of amides is 1. The van der Waals surface area contributed by atoms with Gasteiger partial charge in [0.1, 0.15) is 0 Å². The lowest BCUT2D eigenvalue weighted by Gasteiger charge is -2.39. The molecule has 1 unspecified atom stereocenters. The van der Waals surface area contributed by atoms with E-state index in [1.54, 1.807) is 0 Å². The maximum absolute atomic E-state index is 12.0. The fourth-order valence-electron chi connectivity index (χ4n) is 2.01. The minimum Gasteiger partial charge on any atom is -0.450 e. The van der Waals surface area contributed by atoms with Crippen LogP contribution in [0.3, 0.4) is 0 Å². The minimum absolute atomic E-state index is 0.123. The van der Waals surface area contributed by atoms with Crippen molar-refractivity contribution in [2.24, 2.45) is 0 Å². The van der Waals surface area contributed by atoms with E-state index in [0.29, 0.717) is 12.6 Å². The van der Waals surface area contributed by atoms with E-state index >= 15 is 0 Å². The van der Waals surface area contributed by atoms with Gasteiger partial charge in [0.05, 0.1) is 6.61 Å². The van der Waals surface area contributed by atoms with Crippen molar-refractivity contribution in [2.45, 2.75) is 65.7 Å². The summed E-state index contributed by atoms with van der Waals surface area (Å²) in [6, 6.07) is 0.343. The maximum Gasteiger partial charge on any atom is 0.401 e. The van der Waals surface area contributed by atoms with E-state index in [9.17, 15) is 4.79 Å². The van der Waals surface area contributed by atoms with Gasteiger partial charge in [0.15, 0.2) is 8.24 Å². The quantitative estimate of drug-likeness (QED) is 0.665. The van der Waals surface area contributed by atoms with Crippen molar-refractivity contribution in [1.29, 1.82) is 0 Å². The smallest absolute Gasteiger partial charge is 0.401 e. The molecule has 0 saturated heterocycles. The van der Waals surface area contributed by atoms with Crippen LogP contribution in [0.5, 0.6) is 0 Å². The van der Waals surface area contributed by atoms with Crippen LogP contribution < -0.4 is 0 Å². The minimum atomic E-state index is -1.65. The van der Waals surface area contributed by atoms with Crippen molar-refractivity contribution in [3.8, 4) is 0 Å². The third kappa shape index (κ3) is 4.55. The molecule has 0 aromatic carbocycles. The van der Waals surface area contributed by atoms with Crippen LogP contribution in [0.2, 0.25) is 19.6 Å². The molecule has 4 heteroatoms. The fraction of sp³-hybridized carbons (Fsp3) is 0.917. The molecule has 0 aliphatic heterocycles. The van der Waals surface area contributed by atoms with Gasteiger partial charge < -0.3 is 9.30 Å². The van der Waals surface area contributed by atoms with E-state index in [0.717, 1.165) is 19.3 Å². The third-order valence-corrected chi connectivity index (χ3v) is 4.64. The van der Waals surface area contributed by atoms with Gasteiger partial charge >= 0.3 is 6.09 Å². The summed E-state index contributed by atoms with van der Waals surface area (Å²) in [4.78, 5) is 12.0. The Kier molecular flexibility index (Phi) is 6.72. The molecular formula is C12H27NO2Si. The molecule has 1 amide bonds. The lowest BCUT2D eigenvalue weighted by atomic mass is 10.1. The monoisotopic (exact) mass is 245 g/mol. The number of nitrogens with zero attached hydrogens (tertiary/aromatic N) is 1. The first-order valence-corrected chi connectivity index (χ1v) is 9.79. The Morgan fingerprint density at radius 3 is 2.12 bits per heavy atom. The summed E-state index contributed by atoms with van der Waals surface area (Å²) in [5.41, 5.74) is 0. The first kappa shape index (κ1) is 15.5. The van der Waals surface area contributed by atoms with Gasteiger partial charge in [-0.15, -0.1) is 0 Å². The highest BCUT2D eigenvalue weighted by Gasteiger charge is 2.34. The van der Waals surface area contributed by atoms with Crippen molar-refractivity contribution in [2.75, 3.05) is 6.61 Å². The zero-order chi connectivity index (χ0) is 12.8. The number of hydrogen-bond acceptors (Lipinski definition) is 2. The van der Waals surface area contributed by atoms with Crippen molar-refractivity contribution in [3.63, 3.8) is 0 Å². The van der Waals surface area contributed by atoms with Gasteiger partial charge in [-0.2, -0.15) is 0 Å². The Hall–Kier alpha value is -0.513. The first-order valence-electron chi connectivity index (χ1n) is 6.34. The molecule has 16 heavy (non-hydrogen) atoms. The molecule has 0 aromatic rings. The lowest BCUT2D eigenvalue weighted by Crippen LogP contribution is -2.55. The molecule has 0 N–H and O–H groups in total. The summed E-state index contributed by atoms with van der Waals surface area (Å²) in [6.07, 6.45) is 3.07. The molecule has 0 aliphatic rings. The molecule has 0 radical (unpaired) electrons. The Morgan fingerprint density at radius 1 is 1.25 bits per heavy atom. The summed E-state index contributed by atoms with van der Waals surface area (Å²) in [6.45, 7) is 13.2. The Bertz CT molecular complexity index is 214. The number of rotatable bonds is 6. The molecule has 0 fully saturated rings. The van der Waals surface area contributed by atoms with Crippen LogP contribution in [0, 0.1) is 0 Å². The standard InChI is InChI=1S/C12H27NO2Si/c1-7-10-11(8-2)13(16(4,5)6)12(14)15-9-3/h11H,7-10H2,1-6H3. The maximum atomic E-state index is 12.0. The van der Waals surface area contributed by atoms with Crippen molar-refractivity contribution in [3.05, 3.63) is 0 Å². The summed E-state index contributed by atoms with van der Waals surface area (Å²) < 4.78 is 7.21. The van der Waals surface area contributed by atoms with Crippen molar-refractivity contribution >= 4 is 14.3 Å². The second-order valence-corrected chi connectivity index (χ2v) is 9.91. The van der Waals surface area contributed by atoms with Crippen molar-refractivity contribution < 1.29 is 9.53 Å². The van der Waals surface area contributed by atoms with E-state index in [4.69, 9.17) is 4.74 Å². The molecule has 0 aliphatic carbocycles. The van der Waals surface area contributed by atoms with E-state index in [2.05, 4.69) is 33.5 Å². The highest BCUT2D eigenvalue weighted by molar-refractivity contribution is 6.75. The molecule has 0 spiro atoms. The first-order chi connectivity index (χ1) is 7.38. The van der Waals surface area contributed by atoms with Gasteiger partial charge in [0.25, 0.3) is 0 Å². The van der Waals surface area contributed by atoms with Crippen LogP contribution in [0.4, 0.5) is 4.79 Å². The Morgan fingerprint density at radius 2 is 1.81 bits per heavy atom. The molecule has 0 aromatic heterocycles. The molecule has 96 valence electrons. The highest BCUT2D eigenvalue weighted by atomic mass is 28.3. The van der Waals surface area contributed by atoms with Crippen molar-refractivity contribution in [1.82, 2.24) is 4.57 Å². The largest absolute Gasteiger partial charge is 0.450 e. The fourth-order valence-corrected chi connectivity index (χ4v) is 4.03. The van der Waals surface area contributed by atoms with E-state index in [-0.39, 0.29) is 6.09 Å². The number of carbonyl (C=O) groups is 1. The van der Waals surface area contributed by atoms with Gasteiger partial charge in [0.2, 0.25) is 0 Å². The summed E-state index contributed by atoms with van der Waals surface area (Å²) in [7, 11) is -1.65. The molecule has 0 heterocycles. The zero-order valence-corrected chi connectivity index (χ0v) is 12.7. The highest BCUT2D eigenvalue weighted by Crippen LogP contribution is 2.20. The Balaban J connectivity index is 4.84. The van der Waals surface area contributed by atoms with Crippen LogP contribution >= 0.6 is 0 Å². The average Bonchev–Trinajstić information content (AvgIpc) is 2.15. The average molecular weight is 245 g/mol. The van der Waals surface area contributed by atoms with Crippen LogP contribution in [0.1, 0.15) is 40.0 Å². The van der Waals surface area contributed by atoms with Crippen LogP contribution in [0.15, 0.2) is 0 Å². The van der Waals surface area contributed by atoms with Gasteiger partial charge in [-0.05, 0) is 19.8 Å². The second-order valence-electron chi connectivity index (χ2n) is 5.09. The van der Waals surface area contributed by atoms with Crippen LogP contribution in [-0.2, 0) is 4.74 Å². The van der Waals surface area contributed by atoms with Gasteiger partial charge in [-0.3, -0.25) is 0 Å². The molecule has 0 saturated carbocycles. The predicted molar refractivity (Wildman–Crippen MR) is 71.2 cm³/mol.